The first-order chi connectivity index (χ1) is 13.7. The van der Waals surface area contributed by atoms with Crippen molar-refractivity contribution in [1.29, 1.82) is 0 Å². The van der Waals surface area contributed by atoms with Crippen LogP contribution in [-0.2, 0) is 28.3 Å². The Labute approximate surface area is 164 Å². The van der Waals surface area contributed by atoms with Gasteiger partial charge in [0.15, 0.2) is 5.65 Å². The average Bonchev–Trinajstić information content (AvgIpc) is 3.10. The summed E-state index contributed by atoms with van der Waals surface area (Å²) in [7, 11) is -2.58. The van der Waals surface area contributed by atoms with Crippen LogP contribution in [0.1, 0.15) is 19.2 Å². The Morgan fingerprint density at radius 2 is 1.90 bits per heavy atom. The molecule has 1 amide bonds. The zero-order chi connectivity index (χ0) is 21.2. The molecule has 11 nitrogen and oxygen atoms in total. The van der Waals surface area contributed by atoms with Gasteiger partial charge in [0.05, 0.1) is 11.5 Å². The Balaban J connectivity index is 1.68. The third-order valence-corrected chi connectivity index (χ3v) is 5.47. The lowest BCUT2D eigenvalue weighted by atomic mass is 10.3. The molecule has 0 bridgehead atoms. The first-order valence-corrected chi connectivity index (χ1v) is 10.2. The fourth-order valence-corrected chi connectivity index (χ4v) is 3.66. The summed E-state index contributed by atoms with van der Waals surface area (Å²) >= 11 is 0. The summed E-state index contributed by atoms with van der Waals surface area (Å²) in [5.41, 5.74) is -0.982. The Bertz CT molecular complexity index is 1270. The number of nitrogens with zero attached hydrogens (tertiary/aromatic N) is 2. The number of sulfonamides is 1. The molecule has 0 aliphatic rings. The predicted octanol–water partition coefficient (Wildman–Crippen LogP) is -0.214. The van der Waals surface area contributed by atoms with Crippen LogP contribution in [0.15, 0.2) is 38.8 Å². The topological polar surface area (TPSA) is 156 Å². The van der Waals surface area contributed by atoms with Crippen LogP contribution in [0.2, 0.25) is 0 Å². The van der Waals surface area contributed by atoms with Gasteiger partial charge in [-0.05, 0) is 31.2 Å². The van der Waals surface area contributed by atoms with Crippen LogP contribution in [0, 0.1) is 0 Å². The quantitative estimate of drug-likeness (QED) is 0.476. The van der Waals surface area contributed by atoms with Crippen LogP contribution in [0.4, 0.5) is 0 Å². The normalized spacial score (nSPS) is 11.5. The number of carbonyl (C=O) groups is 1. The third-order valence-electron chi connectivity index (χ3n) is 4.09. The number of aromatic amines is 2. The molecule has 2 aromatic heterocycles. The summed E-state index contributed by atoms with van der Waals surface area (Å²) in [6.45, 7) is 2.26. The molecule has 3 N–H and O–H groups in total. The molecular weight excluding hydrogens is 402 g/mol. The van der Waals surface area contributed by atoms with E-state index < -0.39 is 27.2 Å². The highest BCUT2D eigenvalue weighted by atomic mass is 32.2. The van der Waals surface area contributed by atoms with E-state index in [-0.39, 0.29) is 34.7 Å². The molecule has 0 spiro atoms. The number of hydrogen-bond donors (Lipinski definition) is 3. The zero-order valence-corrected chi connectivity index (χ0v) is 16.5. The van der Waals surface area contributed by atoms with Gasteiger partial charge < -0.3 is 9.72 Å². The molecule has 1 aromatic carbocycles. The van der Waals surface area contributed by atoms with Gasteiger partial charge in [0.1, 0.15) is 17.1 Å². The Morgan fingerprint density at radius 3 is 2.55 bits per heavy atom. The molecule has 0 unspecified atom stereocenters. The summed E-state index contributed by atoms with van der Waals surface area (Å²) in [6.07, 6.45) is -0.144. The summed E-state index contributed by atoms with van der Waals surface area (Å²) in [6, 6.07) is 5.68. The van der Waals surface area contributed by atoms with Crippen molar-refractivity contribution in [2.45, 2.75) is 24.7 Å². The van der Waals surface area contributed by atoms with Gasteiger partial charge in [-0.25, -0.2) is 22.9 Å². The van der Waals surface area contributed by atoms with E-state index in [4.69, 9.17) is 4.74 Å². The second-order valence-corrected chi connectivity index (χ2v) is 7.82. The molecule has 3 rings (SSSR count). The van der Waals surface area contributed by atoms with Crippen molar-refractivity contribution in [3.05, 3.63) is 50.9 Å². The molecule has 2 heterocycles. The molecule has 0 saturated carbocycles. The Morgan fingerprint density at radius 1 is 1.21 bits per heavy atom. The van der Waals surface area contributed by atoms with E-state index in [0.29, 0.717) is 12.4 Å². The average molecular weight is 421 g/mol. The minimum absolute atomic E-state index is 0.0486. The van der Waals surface area contributed by atoms with E-state index in [1.807, 2.05) is 11.6 Å². The standard InChI is InChI=1S/C17H19N5O6S/c1-3-28-10-4-6-11(7-5-10)29(26,27)21-13(23)9-8-12-18-14-15(19-12)22(2)17(25)20-16(14)24/h4-7H,3,8-9H2,1-2H3,(H,18,19)(H,21,23)(H,20,24,25). The number of imidazole rings is 1. The molecule has 0 radical (unpaired) electrons. The largest absolute Gasteiger partial charge is 0.494 e. The SMILES string of the molecule is CCOc1ccc(S(=O)(=O)NC(=O)CCc2nc3c([nH]2)c(=O)[nH]c(=O)n3C)cc1. The number of nitrogens with one attached hydrogen (secondary N) is 3. The molecule has 0 fully saturated rings. The van der Waals surface area contributed by atoms with Crippen LogP contribution >= 0.6 is 0 Å². The fraction of sp³-hybridized carbons (Fsp3) is 0.294. The number of amides is 1. The zero-order valence-electron chi connectivity index (χ0n) is 15.7. The van der Waals surface area contributed by atoms with Crippen molar-refractivity contribution in [3.63, 3.8) is 0 Å². The number of benzene rings is 1. The van der Waals surface area contributed by atoms with Crippen molar-refractivity contribution in [1.82, 2.24) is 24.2 Å². The predicted molar refractivity (Wildman–Crippen MR) is 103 cm³/mol. The fourth-order valence-electron chi connectivity index (χ4n) is 2.64. The lowest BCUT2D eigenvalue weighted by Crippen LogP contribution is -2.30. The van der Waals surface area contributed by atoms with Crippen molar-refractivity contribution in [2.24, 2.45) is 7.05 Å². The van der Waals surface area contributed by atoms with Crippen molar-refractivity contribution < 1.29 is 17.9 Å². The minimum atomic E-state index is -4.03. The second kappa shape index (κ2) is 7.91. The van der Waals surface area contributed by atoms with Gasteiger partial charge in [-0.3, -0.25) is 19.1 Å². The molecular formula is C17H19N5O6S. The van der Waals surface area contributed by atoms with Crippen LogP contribution < -0.4 is 20.7 Å². The molecule has 0 atom stereocenters. The van der Waals surface area contributed by atoms with Gasteiger partial charge in [0.25, 0.3) is 15.6 Å². The maximum atomic E-state index is 12.3. The maximum Gasteiger partial charge on any atom is 0.329 e. The first kappa shape index (κ1) is 20.3. The number of ether oxygens (including phenoxy) is 1. The molecule has 0 aliphatic heterocycles. The number of hydrogen-bond acceptors (Lipinski definition) is 7. The number of H-pyrrole nitrogens is 2. The van der Waals surface area contributed by atoms with Gasteiger partial charge >= 0.3 is 5.69 Å². The van der Waals surface area contributed by atoms with Crippen LogP contribution in [0.5, 0.6) is 5.75 Å². The molecule has 154 valence electrons. The molecule has 3 aromatic rings. The summed E-state index contributed by atoms with van der Waals surface area (Å²) in [4.78, 5) is 44.4. The van der Waals surface area contributed by atoms with Gasteiger partial charge in [-0.1, -0.05) is 0 Å². The van der Waals surface area contributed by atoms with E-state index in [1.165, 1.54) is 31.3 Å². The molecule has 0 saturated heterocycles. The van der Waals surface area contributed by atoms with Gasteiger partial charge in [0, 0.05) is 19.9 Å². The second-order valence-electron chi connectivity index (χ2n) is 6.13. The number of carbonyl (C=O) groups excluding carboxylic acids is 1. The number of aryl methyl sites for hydroxylation is 2. The van der Waals surface area contributed by atoms with Gasteiger partial charge in [-0.2, -0.15) is 0 Å². The van der Waals surface area contributed by atoms with Crippen molar-refractivity contribution >= 4 is 27.1 Å². The van der Waals surface area contributed by atoms with E-state index in [1.54, 1.807) is 0 Å². The highest BCUT2D eigenvalue weighted by Gasteiger charge is 2.18. The van der Waals surface area contributed by atoms with E-state index in [9.17, 15) is 22.8 Å². The Kier molecular flexibility index (Phi) is 5.55. The van der Waals surface area contributed by atoms with Gasteiger partial charge in [0.2, 0.25) is 5.91 Å². The Hall–Kier alpha value is -3.41. The smallest absolute Gasteiger partial charge is 0.329 e. The monoisotopic (exact) mass is 421 g/mol. The van der Waals surface area contributed by atoms with Crippen LogP contribution in [0.3, 0.4) is 0 Å². The van der Waals surface area contributed by atoms with Gasteiger partial charge in [-0.15, -0.1) is 0 Å². The van der Waals surface area contributed by atoms with Crippen LogP contribution in [0.25, 0.3) is 11.2 Å². The van der Waals surface area contributed by atoms with Crippen molar-refractivity contribution in [3.8, 4) is 5.75 Å². The minimum Gasteiger partial charge on any atom is -0.494 e. The molecule has 29 heavy (non-hydrogen) atoms. The molecule has 12 heteroatoms. The van der Waals surface area contributed by atoms with Crippen LogP contribution in [-0.4, -0.2) is 40.5 Å². The summed E-state index contributed by atoms with van der Waals surface area (Å²) < 4.78 is 33.0. The summed E-state index contributed by atoms with van der Waals surface area (Å²) in [5, 5.41) is 0. The summed E-state index contributed by atoms with van der Waals surface area (Å²) in [5.74, 6) is 0.0644. The van der Waals surface area contributed by atoms with E-state index >= 15 is 0 Å². The maximum absolute atomic E-state index is 12.3. The lowest BCUT2D eigenvalue weighted by Gasteiger charge is -2.08. The van der Waals surface area contributed by atoms with E-state index in [0.717, 1.165) is 4.57 Å². The third kappa shape index (κ3) is 4.37. The highest BCUT2D eigenvalue weighted by Crippen LogP contribution is 2.16. The molecule has 0 aliphatic carbocycles. The number of aromatic nitrogens is 4. The highest BCUT2D eigenvalue weighted by molar-refractivity contribution is 7.90. The first-order valence-electron chi connectivity index (χ1n) is 8.67. The van der Waals surface area contributed by atoms with E-state index in [2.05, 4.69) is 15.0 Å². The lowest BCUT2D eigenvalue weighted by molar-refractivity contribution is -0.119. The number of fused-ring (bicyclic) bond motifs is 1. The van der Waals surface area contributed by atoms with Crippen molar-refractivity contribution in [2.75, 3.05) is 6.61 Å². The number of rotatable bonds is 7.